The molecule has 5 heteroatoms. The Labute approximate surface area is 186 Å². The van der Waals surface area contributed by atoms with Gasteiger partial charge in [0.25, 0.3) is 0 Å². The van der Waals surface area contributed by atoms with Crippen LogP contribution in [0.1, 0.15) is 15.9 Å². The van der Waals surface area contributed by atoms with Gasteiger partial charge in [0.1, 0.15) is 0 Å². The van der Waals surface area contributed by atoms with Crippen LogP contribution in [0.2, 0.25) is 5.02 Å². The van der Waals surface area contributed by atoms with Gasteiger partial charge in [0.05, 0.1) is 5.52 Å². The topological polar surface area (TPSA) is 45.2 Å². The monoisotopic (exact) mass is 427 g/mol. The lowest BCUT2D eigenvalue weighted by molar-refractivity contribution is 0.104. The number of ketones is 1. The molecule has 0 fully saturated rings. The van der Waals surface area contributed by atoms with E-state index in [0.29, 0.717) is 10.6 Å². The molecule has 0 saturated carbocycles. The molecule has 1 aromatic heterocycles. The predicted octanol–water partition coefficient (Wildman–Crippen LogP) is 6.59. The number of rotatable bonds is 6. The number of nitrogens with zero attached hydrogens (tertiary/aromatic N) is 2. The van der Waals surface area contributed by atoms with Gasteiger partial charge in [-0.05, 0) is 72.3 Å². The van der Waals surface area contributed by atoms with Crippen molar-refractivity contribution >= 4 is 51.4 Å². The molecule has 1 N–H and O–H groups in total. The van der Waals surface area contributed by atoms with Crippen molar-refractivity contribution in [1.29, 1.82) is 0 Å². The van der Waals surface area contributed by atoms with Crippen LogP contribution in [0.25, 0.3) is 17.0 Å². The number of aromatic nitrogens is 1. The van der Waals surface area contributed by atoms with Crippen LogP contribution in [0.5, 0.6) is 0 Å². The van der Waals surface area contributed by atoms with Crippen LogP contribution in [-0.4, -0.2) is 24.9 Å². The maximum absolute atomic E-state index is 12.5. The third-order valence-corrected chi connectivity index (χ3v) is 5.22. The Morgan fingerprint density at radius 1 is 0.968 bits per heavy atom. The number of halogens is 1. The third-order valence-electron chi connectivity index (χ3n) is 4.99. The number of anilines is 3. The Morgan fingerprint density at radius 2 is 1.71 bits per heavy atom. The number of allylic oxidation sites excluding steroid dienone is 1. The van der Waals surface area contributed by atoms with E-state index in [9.17, 15) is 4.79 Å². The smallest absolute Gasteiger partial charge is 0.185 e. The first-order valence-electron chi connectivity index (χ1n) is 9.91. The summed E-state index contributed by atoms with van der Waals surface area (Å²) in [5.41, 5.74) is 5.40. The van der Waals surface area contributed by atoms with E-state index >= 15 is 0 Å². The number of benzene rings is 3. The molecular weight excluding hydrogens is 406 g/mol. The summed E-state index contributed by atoms with van der Waals surface area (Å²) in [6, 6.07) is 23.0. The lowest BCUT2D eigenvalue weighted by atomic mass is 10.1. The molecule has 3 aromatic carbocycles. The average Bonchev–Trinajstić information content (AvgIpc) is 2.78. The van der Waals surface area contributed by atoms with Gasteiger partial charge >= 0.3 is 0 Å². The quantitative estimate of drug-likeness (QED) is 0.278. The van der Waals surface area contributed by atoms with E-state index in [2.05, 4.69) is 10.3 Å². The maximum Gasteiger partial charge on any atom is 0.185 e. The van der Waals surface area contributed by atoms with Gasteiger partial charge in [0, 0.05) is 53.3 Å². The van der Waals surface area contributed by atoms with Crippen LogP contribution in [0.3, 0.4) is 0 Å². The van der Waals surface area contributed by atoms with E-state index in [-0.39, 0.29) is 5.78 Å². The highest BCUT2D eigenvalue weighted by Gasteiger charge is 2.05. The Kier molecular flexibility index (Phi) is 6.01. The number of nitrogens with one attached hydrogen (secondary N) is 1. The fourth-order valence-electron chi connectivity index (χ4n) is 3.26. The minimum Gasteiger partial charge on any atom is -0.378 e. The fourth-order valence-corrected chi connectivity index (χ4v) is 3.42. The number of hydrogen-bond donors (Lipinski definition) is 1. The zero-order valence-corrected chi connectivity index (χ0v) is 18.1. The Bertz CT molecular complexity index is 1250. The summed E-state index contributed by atoms with van der Waals surface area (Å²) in [5, 5.41) is 5.02. The second kappa shape index (κ2) is 9.02. The molecule has 4 aromatic rings. The van der Waals surface area contributed by atoms with Gasteiger partial charge in [-0.2, -0.15) is 0 Å². The number of pyridine rings is 1. The van der Waals surface area contributed by atoms with Crippen molar-refractivity contribution < 1.29 is 4.79 Å². The van der Waals surface area contributed by atoms with Crippen molar-refractivity contribution in [2.75, 3.05) is 24.3 Å². The Morgan fingerprint density at radius 3 is 2.42 bits per heavy atom. The molecule has 31 heavy (non-hydrogen) atoms. The second-order valence-corrected chi connectivity index (χ2v) is 7.84. The molecule has 0 amide bonds. The predicted molar refractivity (Wildman–Crippen MR) is 131 cm³/mol. The van der Waals surface area contributed by atoms with Crippen LogP contribution < -0.4 is 10.2 Å². The summed E-state index contributed by atoms with van der Waals surface area (Å²) >= 11 is 6.06. The van der Waals surface area contributed by atoms with Crippen molar-refractivity contribution in [2.45, 2.75) is 0 Å². The molecule has 0 aliphatic rings. The summed E-state index contributed by atoms with van der Waals surface area (Å²) < 4.78 is 0. The van der Waals surface area contributed by atoms with E-state index in [0.717, 1.165) is 33.5 Å². The van der Waals surface area contributed by atoms with Crippen molar-refractivity contribution in [2.24, 2.45) is 0 Å². The highest BCUT2D eigenvalue weighted by Crippen LogP contribution is 2.27. The molecule has 0 unspecified atom stereocenters. The molecule has 0 spiro atoms. The molecular formula is C26H22ClN3O. The lowest BCUT2D eigenvalue weighted by Crippen LogP contribution is -2.07. The van der Waals surface area contributed by atoms with Crippen LogP contribution in [-0.2, 0) is 0 Å². The van der Waals surface area contributed by atoms with Gasteiger partial charge in [-0.1, -0.05) is 29.8 Å². The van der Waals surface area contributed by atoms with Crippen molar-refractivity contribution in [3.05, 3.63) is 101 Å². The van der Waals surface area contributed by atoms with Crippen LogP contribution in [0.15, 0.2) is 85.1 Å². The van der Waals surface area contributed by atoms with E-state index in [1.165, 1.54) is 0 Å². The van der Waals surface area contributed by atoms with Gasteiger partial charge < -0.3 is 10.2 Å². The zero-order chi connectivity index (χ0) is 21.8. The van der Waals surface area contributed by atoms with Gasteiger partial charge in [0.15, 0.2) is 5.78 Å². The lowest BCUT2D eigenvalue weighted by Gasteiger charge is -2.11. The van der Waals surface area contributed by atoms with Crippen LogP contribution in [0, 0.1) is 0 Å². The molecule has 0 bridgehead atoms. The van der Waals surface area contributed by atoms with Gasteiger partial charge in [-0.15, -0.1) is 0 Å². The summed E-state index contributed by atoms with van der Waals surface area (Å²) in [6.07, 6.45) is 5.18. The third kappa shape index (κ3) is 4.93. The summed E-state index contributed by atoms with van der Waals surface area (Å²) in [4.78, 5) is 18.9. The first-order valence-corrected chi connectivity index (χ1v) is 10.3. The Hall–Kier alpha value is -3.63. The fraction of sp³-hybridized carbons (Fsp3) is 0.0769. The molecule has 0 aliphatic carbocycles. The first kappa shape index (κ1) is 20.6. The van der Waals surface area contributed by atoms with E-state index in [1.807, 2.05) is 97.9 Å². The minimum atomic E-state index is -0.0350. The summed E-state index contributed by atoms with van der Waals surface area (Å²) in [5.74, 6) is -0.0350. The summed E-state index contributed by atoms with van der Waals surface area (Å²) in [6.45, 7) is 0. The molecule has 0 radical (unpaired) electrons. The maximum atomic E-state index is 12.5. The molecule has 0 saturated heterocycles. The van der Waals surface area contributed by atoms with Crippen LogP contribution in [0.4, 0.5) is 17.1 Å². The number of carbonyl (C=O) groups is 1. The highest BCUT2D eigenvalue weighted by molar-refractivity contribution is 6.31. The zero-order valence-electron chi connectivity index (χ0n) is 17.3. The number of carbonyl (C=O) groups excluding carboxylic acids is 1. The highest BCUT2D eigenvalue weighted by atomic mass is 35.5. The normalized spacial score (nSPS) is 11.1. The largest absolute Gasteiger partial charge is 0.378 e. The van der Waals surface area contributed by atoms with Crippen molar-refractivity contribution in [1.82, 2.24) is 4.98 Å². The average molecular weight is 428 g/mol. The van der Waals surface area contributed by atoms with Gasteiger partial charge in [-0.3, -0.25) is 9.78 Å². The molecule has 4 nitrogen and oxygen atoms in total. The van der Waals surface area contributed by atoms with E-state index in [1.54, 1.807) is 12.3 Å². The van der Waals surface area contributed by atoms with Gasteiger partial charge in [-0.25, -0.2) is 0 Å². The van der Waals surface area contributed by atoms with Gasteiger partial charge in [0.2, 0.25) is 0 Å². The van der Waals surface area contributed by atoms with Crippen molar-refractivity contribution in [3.63, 3.8) is 0 Å². The summed E-state index contributed by atoms with van der Waals surface area (Å²) in [7, 11) is 4.00. The number of fused-ring (bicyclic) bond motifs is 1. The standard InChI is InChI=1S/C26H22ClN3O/c1-30(2)22-11-3-18(4-12-22)5-14-26(31)19-6-9-21(10-7-19)29-24-15-16-28-25-17-20(27)8-13-23(24)25/h3-17H,1-2H3,(H,28,29)/b14-5+. The molecule has 1 heterocycles. The number of hydrogen-bond acceptors (Lipinski definition) is 4. The first-order chi connectivity index (χ1) is 15.0. The Balaban J connectivity index is 1.46. The molecule has 154 valence electrons. The second-order valence-electron chi connectivity index (χ2n) is 7.41. The molecule has 4 rings (SSSR count). The van der Waals surface area contributed by atoms with Crippen molar-refractivity contribution in [3.8, 4) is 0 Å². The minimum absolute atomic E-state index is 0.0350. The van der Waals surface area contributed by atoms with Crippen LogP contribution >= 0.6 is 11.6 Å². The molecule has 0 atom stereocenters. The van der Waals surface area contributed by atoms with E-state index in [4.69, 9.17) is 11.6 Å². The van der Waals surface area contributed by atoms with E-state index < -0.39 is 0 Å². The molecule has 0 aliphatic heterocycles. The SMILES string of the molecule is CN(C)c1ccc(/C=C/C(=O)c2ccc(Nc3ccnc4cc(Cl)ccc34)cc2)cc1.